The van der Waals surface area contributed by atoms with Crippen LogP contribution in [0.2, 0.25) is 0 Å². The van der Waals surface area contributed by atoms with Gasteiger partial charge in [0.1, 0.15) is 0 Å². The summed E-state index contributed by atoms with van der Waals surface area (Å²) >= 11 is 9.70. The summed E-state index contributed by atoms with van der Waals surface area (Å²) in [4.78, 5) is 12.1. The van der Waals surface area contributed by atoms with Crippen molar-refractivity contribution in [3.63, 3.8) is 0 Å². The highest BCUT2D eigenvalue weighted by atomic mass is 79.9. The minimum absolute atomic E-state index is 0.115. The zero-order chi connectivity index (χ0) is 11.6. The lowest BCUT2D eigenvalue weighted by atomic mass is 9.91. The van der Waals surface area contributed by atoms with Crippen LogP contribution in [-0.2, 0) is 4.79 Å². The third-order valence-corrected chi connectivity index (χ3v) is 4.59. The summed E-state index contributed by atoms with van der Waals surface area (Å²) < 4.78 is 0. The lowest BCUT2D eigenvalue weighted by Crippen LogP contribution is -2.45. The van der Waals surface area contributed by atoms with Crippen molar-refractivity contribution in [3.8, 4) is 0 Å². The summed E-state index contributed by atoms with van der Waals surface area (Å²) in [5, 5.41) is 3.19. The third kappa shape index (κ3) is 3.95. The first-order valence-corrected chi connectivity index (χ1v) is 6.75. The SMILES string of the molecule is CC(C)(C)C(=O)NC1CCC(Br)C(Cl)C1. The summed E-state index contributed by atoms with van der Waals surface area (Å²) in [6, 6.07) is 0.244. The fourth-order valence-corrected chi connectivity index (χ4v) is 2.43. The van der Waals surface area contributed by atoms with Crippen molar-refractivity contribution in [2.24, 2.45) is 5.41 Å². The highest BCUT2D eigenvalue weighted by Gasteiger charge is 2.30. The predicted octanol–water partition coefficient (Wildman–Crippen LogP) is 3.07. The van der Waals surface area contributed by atoms with Crippen molar-refractivity contribution >= 4 is 33.4 Å². The van der Waals surface area contributed by atoms with E-state index < -0.39 is 0 Å². The Morgan fingerprint density at radius 1 is 1.40 bits per heavy atom. The zero-order valence-corrected chi connectivity index (χ0v) is 11.9. The summed E-state index contributed by atoms with van der Waals surface area (Å²) in [6.07, 6.45) is 2.91. The van der Waals surface area contributed by atoms with Crippen molar-refractivity contribution in [2.75, 3.05) is 0 Å². The topological polar surface area (TPSA) is 29.1 Å². The molecule has 15 heavy (non-hydrogen) atoms. The van der Waals surface area contributed by atoms with E-state index in [-0.39, 0.29) is 22.7 Å². The molecule has 1 fully saturated rings. The van der Waals surface area contributed by atoms with Gasteiger partial charge in [-0.25, -0.2) is 0 Å². The number of amides is 1. The van der Waals surface area contributed by atoms with E-state index in [2.05, 4.69) is 21.2 Å². The normalized spacial score (nSPS) is 32.5. The molecule has 0 heterocycles. The maximum absolute atomic E-state index is 11.8. The van der Waals surface area contributed by atoms with Crippen LogP contribution in [0.5, 0.6) is 0 Å². The van der Waals surface area contributed by atoms with E-state index in [9.17, 15) is 4.79 Å². The minimum Gasteiger partial charge on any atom is -0.353 e. The molecule has 88 valence electrons. The Labute approximate surface area is 105 Å². The number of hydrogen-bond donors (Lipinski definition) is 1. The van der Waals surface area contributed by atoms with E-state index in [4.69, 9.17) is 11.6 Å². The Morgan fingerprint density at radius 2 is 2.00 bits per heavy atom. The van der Waals surface area contributed by atoms with Gasteiger partial charge in [0.25, 0.3) is 0 Å². The molecule has 2 nitrogen and oxygen atoms in total. The van der Waals surface area contributed by atoms with Crippen molar-refractivity contribution in [2.45, 2.75) is 56.3 Å². The number of nitrogens with one attached hydrogen (secondary N) is 1. The van der Waals surface area contributed by atoms with Gasteiger partial charge in [-0.2, -0.15) is 0 Å². The standard InChI is InChI=1S/C11H19BrClNO/c1-11(2,3)10(15)14-7-4-5-8(12)9(13)6-7/h7-9H,4-6H2,1-3H3,(H,14,15). The number of halogens is 2. The van der Waals surface area contributed by atoms with Gasteiger partial charge in [0.15, 0.2) is 0 Å². The van der Waals surface area contributed by atoms with Gasteiger partial charge in [0.05, 0.1) is 0 Å². The molecule has 1 aliphatic rings. The minimum atomic E-state index is -0.312. The summed E-state index contributed by atoms with van der Waals surface area (Å²) in [5.41, 5.74) is -0.312. The Balaban J connectivity index is 2.44. The van der Waals surface area contributed by atoms with Crippen LogP contribution in [0.3, 0.4) is 0 Å². The fraction of sp³-hybridized carbons (Fsp3) is 0.909. The van der Waals surface area contributed by atoms with Crippen LogP contribution in [-0.4, -0.2) is 22.2 Å². The quantitative estimate of drug-likeness (QED) is 0.740. The van der Waals surface area contributed by atoms with Gasteiger partial charge in [-0.1, -0.05) is 36.7 Å². The van der Waals surface area contributed by atoms with Crippen molar-refractivity contribution in [1.29, 1.82) is 0 Å². The maximum Gasteiger partial charge on any atom is 0.225 e. The van der Waals surface area contributed by atoms with Crippen molar-refractivity contribution < 1.29 is 4.79 Å². The molecule has 0 radical (unpaired) electrons. The number of carbonyl (C=O) groups excluding carboxylic acids is 1. The second kappa shape index (κ2) is 5.05. The molecule has 3 unspecified atom stereocenters. The number of rotatable bonds is 1. The molecule has 0 bridgehead atoms. The zero-order valence-electron chi connectivity index (χ0n) is 9.52. The third-order valence-electron chi connectivity index (χ3n) is 2.71. The monoisotopic (exact) mass is 295 g/mol. The molecule has 4 heteroatoms. The molecule has 1 aliphatic carbocycles. The van der Waals surface area contributed by atoms with Crippen LogP contribution in [0.15, 0.2) is 0 Å². The number of alkyl halides is 2. The van der Waals surface area contributed by atoms with Gasteiger partial charge >= 0.3 is 0 Å². The average Bonchev–Trinajstić information content (AvgIpc) is 2.10. The molecule has 0 aliphatic heterocycles. The van der Waals surface area contributed by atoms with Crippen LogP contribution in [0.25, 0.3) is 0 Å². The molecule has 0 spiro atoms. The van der Waals surface area contributed by atoms with E-state index in [0.717, 1.165) is 19.3 Å². The molecule has 1 rings (SSSR count). The molecule has 1 saturated carbocycles. The van der Waals surface area contributed by atoms with Crippen LogP contribution < -0.4 is 5.32 Å². The highest BCUT2D eigenvalue weighted by molar-refractivity contribution is 9.09. The Hall–Kier alpha value is 0.240. The van der Waals surface area contributed by atoms with Crippen LogP contribution in [0.1, 0.15) is 40.0 Å². The molecule has 1 N–H and O–H groups in total. The van der Waals surface area contributed by atoms with Crippen molar-refractivity contribution in [1.82, 2.24) is 5.32 Å². The van der Waals surface area contributed by atoms with Gasteiger partial charge in [0.2, 0.25) is 5.91 Å². The number of hydrogen-bond acceptors (Lipinski definition) is 1. The lowest BCUT2D eigenvalue weighted by molar-refractivity contribution is -0.129. The highest BCUT2D eigenvalue weighted by Crippen LogP contribution is 2.29. The first-order valence-electron chi connectivity index (χ1n) is 5.40. The largest absolute Gasteiger partial charge is 0.353 e. The van der Waals surface area contributed by atoms with Gasteiger partial charge in [0, 0.05) is 21.7 Å². The molecule has 0 aromatic heterocycles. The Kier molecular flexibility index (Phi) is 4.48. The maximum atomic E-state index is 11.8. The first-order chi connectivity index (χ1) is 6.80. The molecular formula is C11H19BrClNO. The van der Waals surface area contributed by atoms with Crippen molar-refractivity contribution in [3.05, 3.63) is 0 Å². The molecule has 3 atom stereocenters. The fourth-order valence-electron chi connectivity index (χ4n) is 1.61. The van der Waals surface area contributed by atoms with Gasteiger partial charge in [-0.05, 0) is 19.3 Å². The second-order valence-electron chi connectivity index (χ2n) is 5.27. The van der Waals surface area contributed by atoms with Gasteiger partial charge in [-0.3, -0.25) is 4.79 Å². The first kappa shape index (κ1) is 13.3. The van der Waals surface area contributed by atoms with Crippen LogP contribution in [0.4, 0.5) is 0 Å². The molecule has 1 amide bonds. The van der Waals surface area contributed by atoms with E-state index in [0.29, 0.717) is 4.83 Å². The van der Waals surface area contributed by atoms with E-state index >= 15 is 0 Å². The van der Waals surface area contributed by atoms with E-state index in [1.165, 1.54) is 0 Å². The second-order valence-corrected chi connectivity index (χ2v) is 7.00. The Morgan fingerprint density at radius 3 is 2.47 bits per heavy atom. The van der Waals surface area contributed by atoms with Crippen LogP contribution >= 0.6 is 27.5 Å². The van der Waals surface area contributed by atoms with E-state index in [1.807, 2.05) is 20.8 Å². The average molecular weight is 297 g/mol. The van der Waals surface area contributed by atoms with Gasteiger partial charge in [-0.15, -0.1) is 11.6 Å². The van der Waals surface area contributed by atoms with Gasteiger partial charge < -0.3 is 5.32 Å². The summed E-state index contributed by atoms with van der Waals surface area (Å²) in [7, 11) is 0. The number of carbonyl (C=O) groups is 1. The molecule has 0 aromatic carbocycles. The molecular weight excluding hydrogens is 277 g/mol. The van der Waals surface area contributed by atoms with Crippen LogP contribution in [0, 0.1) is 5.41 Å². The smallest absolute Gasteiger partial charge is 0.225 e. The summed E-state index contributed by atoms with van der Waals surface area (Å²) in [6.45, 7) is 5.78. The molecule has 0 aromatic rings. The predicted molar refractivity (Wildman–Crippen MR) is 67.6 cm³/mol. The molecule has 0 saturated heterocycles. The lowest BCUT2D eigenvalue weighted by Gasteiger charge is -2.32. The Bertz CT molecular complexity index is 239. The van der Waals surface area contributed by atoms with E-state index in [1.54, 1.807) is 0 Å². The summed E-state index contributed by atoms with van der Waals surface area (Å²) in [5.74, 6) is 0.115.